The summed E-state index contributed by atoms with van der Waals surface area (Å²) in [6.07, 6.45) is 4.22. The van der Waals surface area contributed by atoms with Crippen LogP contribution < -0.4 is 19.7 Å². The summed E-state index contributed by atoms with van der Waals surface area (Å²) < 4.78 is 12.4. The number of hydrogen-bond donors (Lipinski definition) is 2. The van der Waals surface area contributed by atoms with E-state index in [1.165, 1.54) is 11.3 Å². The van der Waals surface area contributed by atoms with Crippen LogP contribution in [0.5, 0.6) is 11.6 Å². The van der Waals surface area contributed by atoms with Crippen molar-refractivity contribution in [1.29, 1.82) is 0 Å². The highest BCUT2D eigenvalue weighted by atomic mass is 32.1. The van der Waals surface area contributed by atoms with E-state index >= 15 is 0 Å². The molecule has 0 aromatic carbocycles. The molecular weight excluding hydrogens is 480 g/mol. The largest absolute Gasteiger partial charge is 0.496 e. The molecule has 0 aliphatic carbocycles. The maximum Gasteiger partial charge on any atom is 0.230 e. The maximum atomic E-state index is 10.7. The van der Waals surface area contributed by atoms with Crippen molar-refractivity contribution in [2.45, 2.75) is 25.5 Å². The molecule has 0 amide bonds. The van der Waals surface area contributed by atoms with Crippen LogP contribution in [-0.4, -0.2) is 55.6 Å². The SMILES string of the molecule is COc1cc(Nc2nccc(N3CCCn4nc(C#CC(C)(O)c5nccs5)cc43)n2)nc(OC)c1. The van der Waals surface area contributed by atoms with Crippen LogP contribution in [0.4, 0.5) is 23.4 Å². The Morgan fingerprint density at radius 3 is 2.78 bits per heavy atom. The Labute approximate surface area is 211 Å². The van der Waals surface area contributed by atoms with Gasteiger partial charge in [0.15, 0.2) is 5.60 Å². The molecule has 1 aliphatic heterocycles. The predicted molar refractivity (Wildman–Crippen MR) is 135 cm³/mol. The molecule has 0 bridgehead atoms. The Hall–Kier alpha value is -4.21. The number of thiazole rings is 1. The molecule has 1 aliphatic rings. The Morgan fingerprint density at radius 2 is 2.00 bits per heavy atom. The number of nitrogens with zero attached hydrogens (tertiary/aromatic N) is 7. The molecule has 0 saturated heterocycles. The fourth-order valence-electron chi connectivity index (χ4n) is 3.72. The summed E-state index contributed by atoms with van der Waals surface area (Å²) in [5, 5.41) is 20.8. The van der Waals surface area contributed by atoms with E-state index in [4.69, 9.17) is 9.47 Å². The summed E-state index contributed by atoms with van der Waals surface area (Å²) in [5.74, 6) is 9.35. The van der Waals surface area contributed by atoms with E-state index < -0.39 is 5.60 Å². The first kappa shape index (κ1) is 23.5. The molecular formula is C24H24N8O3S. The van der Waals surface area contributed by atoms with Gasteiger partial charge in [-0.05, 0) is 25.3 Å². The van der Waals surface area contributed by atoms with Gasteiger partial charge in [-0.3, -0.25) is 0 Å². The smallest absolute Gasteiger partial charge is 0.230 e. The lowest BCUT2D eigenvalue weighted by Crippen LogP contribution is -2.28. The second kappa shape index (κ2) is 9.80. The van der Waals surface area contributed by atoms with Crippen LogP contribution in [0.2, 0.25) is 0 Å². The summed E-state index contributed by atoms with van der Waals surface area (Å²) in [5.41, 5.74) is -0.781. The van der Waals surface area contributed by atoms with Crippen molar-refractivity contribution in [2.75, 3.05) is 31.0 Å². The zero-order valence-electron chi connectivity index (χ0n) is 20.0. The summed E-state index contributed by atoms with van der Waals surface area (Å²) in [6.45, 7) is 3.15. The van der Waals surface area contributed by atoms with Crippen LogP contribution in [0, 0.1) is 11.8 Å². The molecule has 1 unspecified atom stereocenters. The molecule has 184 valence electrons. The third-order valence-corrected chi connectivity index (χ3v) is 6.43. The van der Waals surface area contributed by atoms with Crippen molar-refractivity contribution < 1.29 is 14.6 Å². The highest BCUT2D eigenvalue weighted by Gasteiger charge is 2.24. The minimum atomic E-state index is -1.35. The Bertz CT molecular complexity index is 1400. The third-order valence-electron chi connectivity index (χ3n) is 5.45. The summed E-state index contributed by atoms with van der Waals surface area (Å²) in [6, 6.07) is 7.16. The van der Waals surface area contributed by atoms with Gasteiger partial charge < -0.3 is 24.8 Å². The molecule has 0 radical (unpaired) electrons. The van der Waals surface area contributed by atoms with Crippen LogP contribution in [0.1, 0.15) is 24.0 Å². The summed E-state index contributed by atoms with van der Waals surface area (Å²) >= 11 is 1.36. The van der Waals surface area contributed by atoms with Crippen molar-refractivity contribution in [2.24, 2.45) is 0 Å². The maximum absolute atomic E-state index is 10.7. The van der Waals surface area contributed by atoms with E-state index in [-0.39, 0.29) is 0 Å². The van der Waals surface area contributed by atoms with Crippen molar-refractivity contribution in [3.05, 3.63) is 52.7 Å². The van der Waals surface area contributed by atoms with Gasteiger partial charge in [-0.25, -0.2) is 14.6 Å². The van der Waals surface area contributed by atoms with Gasteiger partial charge in [0, 0.05) is 49.1 Å². The molecule has 0 fully saturated rings. The fraction of sp³-hybridized carbons (Fsp3) is 0.292. The third kappa shape index (κ3) is 4.93. The zero-order chi connectivity index (χ0) is 25.1. The average Bonchev–Trinajstić information content (AvgIpc) is 3.58. The van der Waals surface area contributed by atoms with E-state index in [1.54, 1.807) is 45.7 Å². The van der Waals surface area contributed by atoms with E-state index in [0.29, 0.717) is 39.9 Å². The van der Waals surface area contributed by atoms with Crippen LogP contribution in [0.15, 0.2) is 42.0 Å². The lowest BCUT2D eigenvalue weighted by atomic mass is 10.1. The van der Waals surface area contributed by atoms with Gasteiger partial charge in [0.05, 0.1) is 14.2 Å². The number of fused-ring (bicyclic) bond motifs is 1. The highest BCUT2D eigenvalue weighted by Crippen LogP contribution is 2.30. The molecule has 11 nitrogen and oxygen atoms in total. The average molecular weight is 505 g/mol. The van der Waals surface area contributed by atoms with Crippen molar-refractivity contribution in [1.82, 2.24) is 29.7 Å². The molecule has 0 saturated carbocycles. The van der Waals surface area contributed by atoms with Gasteiger partial charge in [0.1, 0.15) is 33.9 Å². The van der Waals surface area contributed by atoms with E-state index in [2.05, 4.69) is 47.1 Å². The second-order valence-electron chi connectivity index (χ2n) is 8.07. The Kier molecular flexibility index (Phi) is 6.41. The quantitative estimate of drug-likeness (QED) is 0.379. The predicted octanol–water partition coefficient (Wildman–Crippen LogP) is 3.09. The van der Waals surface area contributed by atoms with Crippen LogP contribution >= 0.6 is 11.3 Å². The molecule has 12 heteroatoms. The number of hydrogen-bond acceptors (Lipinski definition) is 11. The standard InChI is InChI=1S/C24H24N8O3S/c1-24(33,22-25-9-12-36-22)7-5-16-13-21-31(10-4-11-32(21)30-16)19-6-8-26-23(29-19)28-18-14-17(34-2)15-20(27-18)35-3/h6,8-9,12-15,33H,4,10-11H2,1-3H3,(H,26,27,28,29). The Balaban J connectivity index is 1.40. The number of nitrogens with one attached hydrogen (secondary N) is 1. The number of aryl methyl sites for hydroxylation is 1. The van der Waals surface area contributed by atoms with Gasteiger partial charge in [-0.2, -0.15) is 15.1 Å². The van der Waals surface area contributed by atoms with Crippen LogP contribution in [-0.2, 0) is 12.1 Å². The van der Waals surface area contributed by atoms with Gasteiger partial charge >= 0.3 is 0 Å². The first-order chi connectivity index (χ1) is 17.4. The number of ether oxygens (including phenoxy) is 2. The molecule has 4 aromatic rings. The van der Waals surface area contributed by atoms with E-state index in [9.17, 15) is 5.11 Å². The molecule has 5 heterocycles. The number of anilines is 4. The van der Waals surface area contributed by atoms with Crippen molar-refractivity contribution in [3.63, 3.8) is 0 Å². The Morgan fingerprint density at radius 1 is 1.11 bits per heavy atom. The lowest BCUT2D eigenvalue weighted by Gasteiger charge is -2.28. The number of rotatable bonds is 6. The lowest BCUT2D eigenvalue weighted by molar-refractivity contribution is 0.122. The fourth-order valence-corrected chi connectivity index (χ4v) is 4.37. The van der Waals surface area contributed by atoms with Crippen molar-refractivity contribution in [3.8, 4) is 23.5 Å². The molecule has 36 heavy (non-hydrogen) atoms. The summed E-state index contributed by atoms with van der Waals surface area (Å²) in [7, 11) is 3.12. The topological polar surface area (TPSA) is 123 Å². The summed E-state index contributed by atoms with van der Waals surface area (Å²) in [4.78, 5) is 19.6. The van der Waals surface area contributed by atoms with Crippen molar-refractivity contribution >= 4 is 34.7 Å². The molecule has 0 spiro atoms. The molecule has 4 aromatic heterocycles. The highest BCUT2D eigenvalue weighted by molar-refractivity contribution is 7.09. The number of aliphatic hydroxyl groups is 1. The first-order valence-electron chi connectivity index (χ1n) is 11.2. The minimum absolute atomic E-state index is 0.381. The van der Waals surface area contributed by atoms with Gasteiger partial charge in [-0.15, -0.1) is 11.3 Å². The van der Waals surface area contributed by atoms with Crippen LogP contribution in [0.25, 0.3) is 0 Å². The van der Waals surface area contributed by atoms with Gasteiger partial charge in [0.2, 0.25) is 11.8 Å². The van der Waals surface area contributed by atoms with E-state index in [1.807, 2.05) is 22.2 Å². The number of methoxy groups -OCH3 is 2. The first-order valence-corrected chi connectivity index (χ1v) is 12.0. The monoisotopic (exact) mass is 504 g/mol. The molecule has 1 atom stereocenters. The molecule has 2 N–H and O–H groups in total. The zero-order valence-corrected chi connectivity index (χ0v) is 20.8. The van der Waals surface area contributed by atoms with E-state index in [0.717, 1.165) is 25.3 Å². The van der Waals surface area contributed by atoms with Gasteiger partial charge in [-0.1, -0.05) is 5.92 Å². The minimum Gasteiger partial charge on any atom is -0.496 e. The van der Waals surface area contributed by atoms with Gasteiger partial charge in [0.25, 0.3) is 0 Å². The van der Waals surface area contributed by atoms with Crippen LogP contribution in [0.3, 0.4) is 0 Å². The number of pyridine rings is 1. The number of aromatic nitrogens is 6. The normalized spacial score (nSPS) is 14.3. The second-order valence-corrected chi connectivity index (χ2v) is 8.97. The molecule has 5 rings (SSSR count).